The first-order chi connectivity index (χ1) is 8.39. The number of hydrogen-bond donors (Lipinski definition) is 1. The minimum atomic E-state index is -3.12. The van der Waals surface area contributed by atoms with Gasteiger partial charge in [0.1, 0.15) is 5.78 Å². The van der Waals surface area contributed by atoms with E-state index in [1.807, 2.05) is 0 Å². The Morgan fingerprint density at radius 1 is 1.22 bits per heavy atom. The van der Waals surface area contributed by atoms with Gasteiger partial charge in [0.15, 0.2) is 9.84 Å². The van der Waals surface area contributed by atoms with E-state index in [-0.39, 0.29) is 5.78 Å². The Balaban J connectivity index is 2.38. The lowest BCUT2D eigenvalue weighted by Gasteiger charge is -2.05. The Hall–Kier alpha value is -1.20. The molecule has 0 spiro atoms. The van der Waals surface area contributed by atoms with E-state index in [2.05, 4.69) is 5.32 Å². The highest BCUT2D eigenvalue weighted by molar-refractivity contribution is 7.90. The Labute approximate surface area is 108 Å². The number of benzene rings is 1. The highest BCUT2D eigenvalue weighted by atomic mass is 32.2. The molecule has 1 aromatic rings. The predicted molar refractivity (Wildman–Crippen MR) is 71.2 cm³/mol. The normalized spacial score (nSPS) is 11.4. The molecular weight excluding hydrogens is 250 g/mol. The lowest BCUT2D eigenvalue weighted by atomic mass is 10.2. The van der Waals surface area contributed by atoms with E-state index >= 15 is 0 Å². The summed E-state index contributed by atoms with van der Waals surface area (Å²) < 4.78 is 22.5. The second kappa shape index (κ2) is 6.66. The highest BCUT2D eigenvalue weighted by Gasteiger charge is 2.05. The molecule has 0 bridgehead atoms. The molecule has 0 amide bonds. The van der Waals surface area contributed by atoms with E-state index in [0.29, 0.717) is 17.9 Å². The Morgan fingerprint density at radius 3 is 2.33 bits per heavy atom. The van der Waals surface area contributed by atoms with Crippen molar-refractivity contribution in [2.75, 3.05) is 12.8 Å². The quantitative estimate of drug-likeness (QED) is 0.763. The summed E-state index contributed by atoms with van der Waals surface area (Å²) in [5.41, 5.74) is 1.03. The Bertz CT molecular complexity index is 491. The first-order valence-corrected chi connectivity index (χ1v) is 7.78. The van der Waals surface area contributed by atoms with Crippen molar-refractivity contribution in [2.24, 2.45) is 0 Å². The summed E-state index contributed by atoms with van der Waals surface area (Å²) in [6.07, 6.45) is 2.62. The van der Waals surface area contributed by atoms with Crippen LogP contribution in [-0.2, 0) is 21.2 Å². The van der Waals surface area contributed by atoms with Gasteiger partial charge in [-0.3, -0.25) is 0 Å². The molecule has 0 fully saturated rings. The molecule has 1 rings (SSSR count). The molecule has 0 saturated heterocycles. The zero-order valence-electron chi connectivity index (χ0n) is 10.8. The molecule has 100 valence electrons. The van der Waals surface area contributed by atoms with Gasteiger partial charge in [-0.2, -0.15) is 0 Å². The van der Waals surface area contributed by atoms with E-state index in [0.717, 1.165) is 18.5 Å². The van der Waals surface area contributed by atoms with Gasteiger partial charge in [-0.05, 0) is 37.6 Å². The van der Waals surface area contributed by atoms with Gasteiger partial charge in [-0.25, -0.2) is 8.42 Å². The standard InChI is InChI=1S/C13H19NO3S/c1-11(15)4-3-9-14-10-12-5-7-13(8-6-12)18(2,16)17/h5-8,14H,3-4,9-10H2,1-2H3. The van der Waals surface area contributed by atoms with E-state index in [9.17, 15) is 13.2 Å². The van der Waals surface area contributed by atoms with Crippen molar-refractivity contribution in [3.63, 3.8) is 0 Å². The average Bonchev–Trinajstić information content (AvgIpc) is 2.27. The first kappa shape index (κ1) is 14.9. The van der Waals surface area contributed by atoms with Crippen molar-refractivity contribution in [3.05, 3.63) is 29.8 Å². The Kier molecular flexibility index (Phi) is 5.50. The number of carbonyl (C=O) groups is 1. The summed E-state index contributed by atoms with van der Waals surface area (Å²) >= 11 is 0. The third-order valence-electron chi connectivity index (χ3n) is 2.56. The molecule has 18 heavy (non-hydrogen) atoms. The molecule has 0 aromatic heterocycles. The third-order valence-corrected chi connectivity index (χ3v) is 3.69. The van der Waals surface area contributed by atoms with Crippen LogP contribution < -0.4 is 5.32 Å². The second-order valence-corrected chi connectivity index (χ2v) is 6.41. The van der Waals surface area contributed by atoms with Crippen LogP contribution in [0.1, 0.15) is 25.3 Å². The molecule has 0 aliphatic carbocycles. The topological polar surface area (TPSA) is 63.2 Å². The van der Waals surface area contributed by atoms with Gasteiger partial charge in [0.25, 0.3) is 0 Å². The summed E-state index contributed by atoms with van der Waals surface area (Å²) in [6.45, 7) is 3.05. The van der Waals surface area contributed by atoms with E-state index < -0.39 is 9.84 Å². The predicted octanol–water partition coefficient (Wildman–Crippen LogP) is 1.55. The number of ketones is 1. The number of hydrogen-bond acceptors (Lipinski definition) is 4. The molecule has 1 N–H and O–H groups in total. The third kappa shape index (κ3) is 5.42. The molecule has 0 radical (unpaired) electrons. The van der Waals surface area contributed by atoms with Gasteiger partial charge in [0, 0.05) is 19.2 Å². The van der Waals surface area contributed by atoms with Crippen LogP contribution in [0.15, 0.2) is 29.2 Å². The molecule has 0 saturated carbocycles. The molecule has 0 aliphatic heterocycles. The van der Waals surface area contributed by atoms with Crippen molar-refractivity contribution >= 4 is 15.6 Å². The summed E-state index contributed by atoms with van der Waals surface area (Å²) in [5.74, 6) is 0.203. The fourth-order valence-electron chi connectivity index (χ4n) is 1.55. The Morgan fingerprint density at radius 2 is 1.83 bits per heavy atom. The number of Topliss-reactive ketones (excluding diaryl/α,β-unsaturated/α-hetero) is 1. The highest BCUT2D eigenvalue weighted by Crippen LogP contribution is 2.10. The van der Waals surface area contributed by atoms with Crippen molar-refractivity contribution < 1.29 is 13.2 Å². The summed E-state index contributed by atoms with van der Waals surface area (Å²) in [4.78, 5) is 11.1. The zero-order chi connectivity index (χ0) is 13.6. The van der Waals surface area contributed by atoms with Crippen LogP contribution in [0.5, 0.6) is 0 Å². The smallest absolute Gasteiger partial charge is 0.175 e. The lowest BCUT2D eigenvalue weighted by Crippen LogP contribution is -2.15. The molecule has 0 unspecified atom stereocenters. The maximum atomic E-state index is 11.3. The maximum Gasteiger partial charge on any atom is 0.175 e. The molecule has 0 aliphatic rings. The first-order valence-electron chi connectivity index (χ1n) is 5.89. The van der Waals surface area contributed by atoms with Crippen molar-refractivity contribution in [3.8, 4) is 0 Å². The van der Waals surface area contributed by atoms with Gasteiger partial charge < -0.3 is 10.1 Å². The van der Waals surface area contributed by atoms with Crippen molar-refractivity contribution in [2.45, 2.75) is 31.2 Å². The van der Waals surface area contributed by atoms with E-state index in [4.69, 9.17) is 0 Å². The van der Waals surface area contributed by atoms with Crippen LogP contribution >= 0.6 is 0 Å². The van der Waals surface area contributed by atoms with Gasteiger partial charge in [-0.1, -0.05) is 12.1 Å². The van der Waals surface area contributed by atoms with Crippen molar-refractivity contribution in [1.82, 2.24) is 5.32 Å². The van der Waals surface area contributed by atoms with Crippen LogP contribution in [0.3, 0.4) is 0 Å². The zero-order valence-corrected chi connectivity index (χ0v) is 11.6. The molecular formula is C13H19NO3S. The average molecular weight is 269 g/mol. The molecule has 4 nitrogen and oxygen atoms in total. The van der Waals surface area contributed by atoms with Crippen LogP contribution in [0, 0.1) is 0 Å². The van der Waals surface area contributed by atoms with Crippen LogP contribution in [-0.4, -0.2) is 27.0 Å². The largest absolute Gasteiger partial charge is 0.313 e. The minimum Gasteiger partial charge on any atom is -0.313 e. The SMILES string of the molecule is CC(=O)CCCNCc1ccc(S(C)(=O)=O)cc1. The van der Waals surface area contributed by atoms with Crippen LogP contribution in [0.25, 0.3) is 0 Å². The van der Waals surface area contributed by atoms with Gasteiger partial charge in [0.2, 0.25) is 0 Å². The van der Waals surface area contributed by atoms with Crippen LogP contribution in [0.2, 0.25) is 0 Å². The molecule has 5 heteroatoms. The van der Waals surface area contributed by atoms with E-state index in [1.54, 1.807) is 31.2 Å². The van der Waals surface area contributed by atoms with E-state index in [1.165, 1.54) is 6.26 Å². The van der Waals surface area contributed by atoms with Gasteiger partial charge >= 0.3 is 0 Å². The van der Waals surface area contributed by atoms with Crippen LogP contribution in [0.4, 0.5) is 0 Å². The van der Waals surface area contributed by atoms with Gasteiger partial charge in [0.05, 0.1) is 4.90 Å². The molecule has 0 atom stereocenters. The summed E-state index contributed by atoms with van der Waals surface area (Å²) in [5, 5.41) is 3.21. The summed E-state index contributed by atoms with van der Waals surface area (Å²) in [7, 11) is -3.12. The number of sulfone groups is 1. The summed E-state index contributed by atoms with van der Waals surface area (Å²) in [6, 6.07) is 6.83. The minimum absolute atomic E-state index is 0.203. The monoisotopic (exact) mass is 269 g/mol. The number of carbonyl (C=O) groups excluding carboxylic acids is 1. The molecule has 1 aromatic carbocycles. The number of rotatable bonds is 7. The maximum absolute atomic E-state index is 11.3. The molecule has 0 heterocycles. The fourth-order valence-corrected chi connectivity index (χ4v) is 2.18. The fraction of sp³-hybridized carbons (Fsp3) is 0.462. The second-order valence-electron chi connectivity index (χ2n) is 4.40. The van der Waals surface area contributed by atoms with Gasteiger partial charge in [-0.15, -0.1) is 0 Å². The number of nitrogens with one attached hydrogen (secondary N) is 1. The van der Waals surface area contributed by atoms with Crippen molar-refractivity contribution in [1.29, 1.82) is 0 Å². The lowest BCUT2D eigenvalue weighted by molar-refractivity contribution is -0.117.